The van der Waals surface area contributed by atoms with Crippen molar-refractivity contribution in [1.82, 2.24) is 20.8 Å². The van der Waals surface area contributed by atoms with Gasteiger partial charge < -0.3 is 10.6 Å². The Bertz CT molecular complexity index is 1110. The molecule has 31 heavy (non-hydrogen) atoms. The van der Waals surface area contributed by atoms with Gasteiger partial charge in [-0.05, 0) is 49.2 Å². The van der Waals surface area contributed by atoms with Gasteiger partial charge in [-0.3, -0.25) is 10.1 Å². The number of amidine groups is 1. The van der Waals surface area contributed by atoms with Crippen molar-refractivity contribution >= 4 is 22.4 Å². The summed E-state index contributed by atoms with van der Waals surface area (Å²) in [5, 5.41) is 14.8. The van der Waals surface area contributed by atoms with Gasteiger partial charge in [0.2, 0.25) is 0 Å². The Morgan fingerprint density at radius 2 is 1.97 bits per heavy atom. The minimum Gasteiger partial charge on any atom is -0.344 e. The lowest BCUT2D eigenvalue weighted by Crippen LogP contribution is -2.40. The van der Waals surface area contributed by atoms with Crippen LogP contribution in [0.1, 0.15) is 24.0 Å². The van der Waals surface area contributed by atoms with Crippen LogP contribution < -0.4 is 10.6 Å². The number of nitrogens with one attached hydrogen (secondary N) is 3. The molecule has 3 N–H and O–H groups in total. The fraction of sp³-hybridized carbons (Fsp3) is 0.304. The molecule has 0 saturated carbocycles. The van der Waals surface area contributed by atoms with Crippen LogP contribution in [0.15, 0.2) is 54.0 Å². The summed E-state index contributed by atoms with van der Waals surface area (Å²) in [5.74, 6) is 1.21. The Hall–Kier alpha value is -3.13. The number of aromatic nitrogens is 2. The molecule has 0 amide bonds. The quantitative estimate of drug-likeness (QED) is 0.413. The van der Waals surface area contributed by atoms with Crippen LogP contribution in [0.2, 0.25) is 0 Å². The number of hydrogen-bond donors (Lipinski definition) is 3. The average Bonchev–Trinajstić information content (AvgIpc) is 3.20. The zero-order valence-corrected chi connectivity index (χ0v) is 17.2. The zero-order chi connectivity index (χ0) is 22.0. The van der Waals surface area contributed by atoms with E-state index in [-0.39, 0.29) is 0 Å². The number of fused-ring (bicyclic) bond motifs is 1. The van der Waals surface area contributed by atoms with E-state index in [1.807, 2.05) is 18.2 Å². The maximum absolute atomic E-state index is 12.9. The van der Waals surface area contributed by atoms with Crippen LogP contribution in [-0.2, 0) is 6.18 Å². The van der Waals surface area contributed by atoms with E-state index in [2.05, 4.69) is 32.4 Å². The molecule has 1 atom stereocenters. The Balaban J connectivity index is 1.60. The average molecular weight is 427 g/mol. The SMILES string of the molecule is C=C(NC(=NC)[C@@H]1CCCNC1)c1ccc2[nH]nc(-c3ccc(C(F)(F)F)cc3)c2c1. The molecule has 1 aliphatic heterocycles. The van der Waals surface area contributed by atoms with Crippen molar-refractivity contribution < 1.29 is 13.2 Å². The molecule has 2 aromatic carbocycles. The number of aromatic amines is 1. The Labute approximate surface area is 178 Å². The summed E-state index contributed by atoms with van der Waals surface area (Å²) in [5.41, 5.74) is 2.91. The summed E-state index contributed by atoms with van der Waals surface area (Å²) in [6.45, 7) is 6.08. The first-order chi connectivity index (χ1) is 14.9. The molecule has 162 valence electrons. The summed E-state index contributed by atoms with van der Waals surface area (Å²) in [7, 11) is 1.77. The van der Waals surface area contributed by atoms with Crippen LogP contribution >= 0.6 is 0 Å². The molecule has 0 bridgehead atoms. The molecule has 0 aliphatic carbocycles. The van der Waals surface area contributed by atoms with Gasteiger partial charge >= 0.3 is 6.18 Å². The molecular weight excluding hydrogens is 403 g/mol. The van der Waals surface area contributed by atoms with Crippen molar-refractivity contribution in [3.8, 4) is 11.3 Å². The number of aliphatic imine (C=N–C) groups is 1. The molecule has 0 radical (unpaired) electrons. The van der Waals surface area contributed by atoms with E-state index in [1.54, 1.807) is 7.05 Å². The number of H-pyrrole nitrogens is 1. The number of piperidine rings is 1. The summed E-state index contributed by atoms with van der Waals surface area (Å²) in [4.78, 5) is 4.42. The van der Waals surface area contributed by atoms with E-state index in [0.29, 0.717) is 22.9 Å². The van der Waals surface area contributed by atoms with Crippen molar-refractivity contribution in [3.05, 3.63) is 60.2 Å². The van der Waals surface area contributed by atoms with Crippen LogP contribution in [0.3, 0.4) is 0 Å². The van der Waals surface area contributed by atoms with Crippen molar-refractivity contribution in [2.24, 2.45) is 10.9 Å². The maximum Gasteiger partial charge on any atom is 0.416 e. The number of halogens is 3. The lowest BCUT2D eigenvalue weighted by Gasteiger charge is -2.25. The van der Waals surface area contributed by atoms with Gasteiger partial charge in [-0.25, -0.2) is 0 Å². The van der Waals surface area contributed by atoms with E-state index < -0.39 is 11.7 Å². The summed E-state index contributed by atoms with van der Waals surface area (Å²) >= 11 is 0. The zero-order valence-electron chi connectivity index (χ0n) is 17.2. The highest BCUT2D eigenvalue weighted by molar-refractivity contribution is 5.97. The van der Waals surface area contributed by atoms with Gasteiger partial charge in [0.05, 0.1) is 16.8 Å². The third-order valence-corrected chi connectivity index (χ3v) is 5.60. The fourth-order valence-electron chi connectivity index (χ4n) is 3.89. The Morgan fingerprint density at radius 1 is 1.19 bits per heavy atom. The molecule has 1 saturated heterocycles. The molecule has 3 aromatic rings. The summed E-state index contributed by atoms with van der Waals surface area (Å²) in [6, 6.07) is 10.8. The number of alkyl halides is 3. The highest BCUT2D eigenvalue weighted by Gasteiger charge is 2.30. The van der Waals surface area contributed by atoms with Crippen LogP contribution in [0.25, 0.3) is 27.9 Å². The second kappa shape index (κ2) is 8.55. The number of rotatable bonds is 4. The van der Waals surface area contributed by atoms with Crippen molar-refractivity contribution in [3.63, 3.8) is 0 Å². The summed E-state index contributed by atoms with van der Waals surface area (Å²) < 4.78 is 38.6. The molecule has 0 unspecified atom stereocenters. The minimum atomic E-state index is -4.37. The van der Waals surface area contributed by atoms with Gasteiger partial charge in [-0.2, -0.15) is 18.3 Å². The van der Waals surface area contributed by atoms with Crippen LogP contribution in [-0.4, -0.2) is 36.2 Å². The van der Waals surface area contributed by atoms with Crippen molar-refractivity contribution in [2.45, 2.75) is 19.0 Å². The van der Waals surface area contributed by atoms with E-state index >= 15 is 0 Å². The molecule has 5 nitrogen and oxygen atoms in total. The lowest BCUT2D eigenvalue weighted by atomic mass is 9.97. The number of hydrogen-bond acceptors (Lipinski definition) is 3. The second-order valence-electron chi connectivity index (χ2n) is 7.66. The first-order valence-electron chi connectivity index (χ1n) is 10.2. The fourth-order valence-corrected chi connectivity index (χ4v) is 3.89. The molecule has 2 heterocycles. The van der Waals surface area contributed by atoms with Gasteiger partial charge in [-0.1, -0.05) is 24.8 Å². The van der Waals surface area contributed by atoms with E-state index in [1.165, 1.54) is 12.1 Å². The standard InChI is InChI=1S/C23H24F3N5/c1-14(29-22(27-2)17-4-3-11-28-13-17)16-7-10-20-19(12-16)21(31-30-20)15-5-8-18(9-6-15)23(24,25)26/h5-10,12,17,28H,1,3-4,11,13H2,2H3,(H,27,29)(H,30,31)/t17-/m1/s1. The molecule has 0 spiro atoms. The molecule has 8 heteroatoms. The predicted molar refractivity (Wildman–Crippen MR) is 118 cm³/mol. The maximum atomic E-state index is 12.9. The molecular formula is C23H24F3N5. The van der Waals surface area contributed by atoms with Crippen molar-refractivity contribution in [2.75, 3.05) is 20.1 Å². The van der Waals surface area contributed by atoms with Gasteiger partial charge in [0.15, 0.2) is 0 Å². The highest BCUT2D eigenvalue weighted by atomic mass is 19.4. The van der Waals surface area contributed by atoms with E-state index in [4.69, 9.17) is 0 Å². The number of nitrogens with zero attached hydrogens (tertiary/aromatic N) is 2. The second-order valence-corrected chi connectivity index (χ2v) is 7.66. The van der Waals surface area contributed by atoms with Crippen molar-refractivity contribution in [1.29, 1.82) is 0 Å². The third kappa shape index (κ3) is 4.49. The van der Waals surface area contributed by atoms with E-state index in [0.717, 1.165) is 60.4 Å². The normalized spacial score (nSPS) is 17.7. The van der Waals surface area contributed by atoms with E-state index in [9.17, 15) is 13.2 Å². The predicted octanol–water partition coefficient (Wildman–Crippen LogP) is 4.84. The summed E-state index contributed by atoms with van der Waals surface area (Å²) in [6.07, 6.45) is -2.19. The van der Waals surface area contributed by atoms with Crippen LogP contribution in [0.5, 0.6) is 0 Å². The molecule has 1 fully saturated rings. The Kier molecular flexibility index (Phi) is 5.82. The van der Waals surface area contributed by atoms with Gasteiger partial charge in [0, 0.05) is 36.2 Å². The van der Waals surface area contributed by atoms with Gasteiger partial charge in [0.1, 0.15) is 5.84 Å². The molecule has 4 rings (SSSR count). The largest absolute Gasteiger partial charge is 0.416 e. The lowest BCUT2D eigenvalue weighted by molar-refractivity contribution is -0.137. The third-order valence-electron chi connectivity index (χ3n) is 5.60. The molecule has 1 aromatic heterocycles. The van der Waals surface area contributed by atoms with Gasteiger partial charge in [-0.15, -0.1) is 0 Å². The topological polar surface area (TPSA) is 65.1 Å². The number of benzene rings is 2. The smallest absolute Gasteiger partial charge is 0.344 e. The van der Waals surface area contributed by atoms with Crippen LogP contribution in [0, 0.1) is 5.92 Å². The van der Waals surface area contributed by atoms with Gasteiger partial charge in [0.25, 0.3) is 0 Å². The minimum absolute atomic E-state index is 0.316. The highest BCUT2D eigenvalue weighted by Crippen LogP contribution is 2.33. The first kappa shape index (κ1) is 21.1. The first-order valence-corrected chi connectivity index (χ1v) is 10.2. The van der Waals surface area contributed by atoms with Crippen LogP contribution in [0.4, 0.5) is 13.2 Å². The molecule has 1 aliphatic rings. The Morgan fingerprint density at radius 3 is 2.61 bits per heavy atom. The monoisotopic (exact) mass is 427 g/mol.